The molecule has 1 N–H and O–H groups in total. The van der Waals surface area contributed by atoms with Gasteiger partial charge in [-0.2, -0.15) is 0 Å². The Balaban J connectivity index is 2.53. The Bertz CT molecular complexity index is 340. The predicted molar refractivity (Wildman–Crippen MR) is 67.4 cm³/mol. The third-order valence-corrected chi connectivity index (χ3v) is 2.68. The zero-order valence-corrected chi connectivity index (χ0v) is 11.1. The molecule has 0 unspecified atom stereocenters. The van der Waals surface area contributed by atoms with E-state index >= 15 is 0 Å². The summed E-state index contributed by atoms with van der Waals surface area (Å²) in [5.41, 5.74) is 0.482. The highest BCUT2D eigenvalue weighted by molar-refractivity contribution is 9.10. The Hall–Kier alpha value is -0.940. The van der Waals surface area contributed by atoms with Crippen LogP contribution in [0.1, 0.15) is 16.9 Å². The van der Waals surface area contributed by atoms with Crippen LogP contribution in [-0.4, -0.2) is 43.0 Å². The summed E-state index contributed by atoms with van der Waals surface area (Å²) in [5, 5.41) is 3.05. The second kappa shape index (κ2) is 6.60. The molecule has 1 amide bonds. The lowest BCUT2D eigenvalue weighted by Crippen LogP contribution is -2.29. The first-order chi connectivity index (χ1) is 7.65. The summed E-state index contributed by atoms with van der Waals surface area (Å²) in [6.07, 6.45) is 2.57. The molecule has 16 heavy (non-hydrogen) atoms. The molecule has 0 fully saturated rings. The van der Waals surface area contributed by atoms with Gasteiger partial charge in [0.05, 0.1) is 0 Å². The minimum Gasteiger partial charge on any atom is -0.340 e. The number of carbonyl (C=O) groups is 1. The van der Waals surface area contributed by atoms with Crippen molar-refractivity contribution < 1.29 is 4.79 Å². The number of nitrogens with one attached hydrogen (secondary N) is 1. The molecule has 0 aliphatic carbocycles. The van der Waals surface area contributed by atoms with Gasteiger partial charge in [-0.1, -0.05) is 0 Å². The van der Waals surface area contributed by atoms with Gasteiger partial charge < -0.3 is 10.2 Å². The van der Waals surface area contributed by atoms with Crippen molar-refractivity contribution >= 4 is 21.8 Å². The second-order valence-corrected chi connectivity index (χ2v) is 4.46. The highest BCUT2D eigenvalue weighted by atomic mass is 79.9. The normalized spacial score (nSPS) is 10.2. The molecule has 4 nitrogen and oxygen atoms in total. The summed E-state index contributed by atoms with van der Waals surface area (Å²) in [6, 6.07) is 3.54. The minimum atomic E-state index is -0.0383. The van der Waals surface area contributed by atoms with Gasteiger partial charge in [0, 0.05) is 24.3 Å². The molecule has 0 aromatic carbocycles. The van der Waals surface area contributed by atoms with Gasteiger partial charge in [-0.3, -0.25) is 4.79 Å². The Morgan fingerprint density at radius 1 is 1.56 bits per heavy atom. The van der Waals surface area contributed by atoms with Gasteiger partial charge in [-0.15, -0.1) is 0 Å². The average molecular weight is 286 g/mol. The Labute approximate surface area is 104 Å². The molecular formula is C11H16BrN3O. The van der Waals surface area contributed by atoms with Crippen LogP contribution in [0, 0.1) is 0 Å². The van der Waals surface area contributed by atoms with Crippen LogP contribution in [0.4, 0.5) is 0 Å². The number of pyridine rings is 1. The Morgan fingerprint density at radius 2 is 2.31 bits per heavy atom. The quantitative estimate of drug-likeness (QED) is 0.835. The second-order valence-electron chi connectivity index (χ2n) is 3.55. The van der Waals surface area contributed by atoms with Crippen LogP contribution in [0.15, 0.2) is 22.8 Å². The molecule has 0 aliphatic rings. The van der Waals surface area contributed by atoms with E-state index in [1.165, 1.54) is 0 Å². The number of aromatic nitrogens is 1. The molecule has 1 aromatic rings. The standard InChI is InChI=1S/C11H16BrN3O/c1-13-6-3-7-15(2)11(16)10-5-4-9(12)8-14-10/h4-5,8,13H,3,6-7H2,1-2H3. The summed E-state index contributed by atoms with van der Waals surface area (Å²) in [7, 11) is 3.69. The fourth-order valence-corrected chi connectivity index (χ4v) is 1.53. The number of halogens is 1. The van der Waals surface area contributed by atoms with E-state index in [2.05, 4.69) is 26.2 Å². The number of amides is 1. The van der Waals surface area contributed by atoms with Gasteiger partial charge in [0.2, 0.25) is 0 Å². The molecule has 0 saturated carbocycles. The maximum Gasteiger partial charge on any atom is 0.272 e. The molecule has 0 atom stereocenters. The van der Waals surface area contributed by atoms with Crippen molar-refractivity contribution in [1.29, 1.82) is 0 Å². The summed E-state index contributed by atoms with van der Waals surface area (Å²) in [6.45, 7) is 1.64. The van der Waals surface area contributed by atoms with Crippen molar-refractivity contribution in [2.24, 2.45) is 0 Å². The first kappa shape index (κ1) is 13.1. The number of nitrogens with zero attached hydrogens (tertiary/aromatic N) is 2. The van der Waals surface area contributed by atoms with E-state index in [-0.39, 0.29) is 5.91 Å². The highest BCUT2D eigenvalue weighted by Gasteiger charge is 2.11. The first-order valence-electron chi connectivity index (χ1n) is 5.16. The Morgan fingerprint density at radius 3 is 2.88 bits per heavy atom. The van der Waals surface area contributed by atoms with E-state index in [0.717, 1.165) is 24.0 Å². The monoisotopic (exact) mass is 285 g/mol. The summed E-state index contributed by atoms with van der Waals surface area (Å²) < 4.78 is 0.877. The molecule has 5 heteroatoms. The predicted octanol–water partition coefficient (Wildman–Crippen LogP) is 1.53. The molecule has 0 saturated heterocycles. The lowest BCUT2D eigenvalue weighted by atomic mass is 10.3. The van der Waals surface area contributed by atoms with Crippen LogP contribution >= 0.6 is 15.9 Å². The SMILES string of the molecule is CNCCCN(C)C(=O)c1ccc(Br)cn1. The largest absolute Gasteiger partial charge is 0.340 e. The van der Waals surface area contributed by atoms with Gasteiger partial charge in [0.15, 0.2) is 0 Å². The van der Waals surface area contributed by atoms with E-state index in [1.54, 1.807) is 24.2 Å². The minimum absolute atomic E-state index is 0.0383. The summed E-state index contributed by atoms with van der Waals surface area (Å²) in [4.78, 5) is 17.6. The third kappa shape index (κ3) is 3.90. The number of hydrogen-bond donors (Lipinski definition) is 1. The molecule has 0 aliphatic heterocycles. The molecule has 1 aromatic heterocycles. The van der Waals surface area contributed by atoms with Gasteiger partial charge in [-0.05, 0) is 48.1 Å². The van der Waals surface area contributed by atoms with Crippen LogP contribution in [0.3, 0.4) is 0 Å². The van der Waals surface area contributed by atoms with Crippen molar-refractivity contribution in [2.45, 2.75) is 6.42 Å². The maximum atomic E-state index is 11.9. The zero-order chi connectivity index (χ0) is 12.0. The number of carbonyl (C=O) groups excluding carboxylic acids is 1. The van der Waals surface area contributed by atoms with E-state index in [0.29, 0.717) is 5.69 Å². The molecule has 0 spiro atoms. The van der Waals surface area contributed by atoms with Crippen LogP contribution in [0.2, 0.25) is 0 Å². The number of rotatable bonds is 5. The lowest BCUT2D eigenvalue weighted by molar-refractivity contribution is 0.0788. The summed E-state index contributed by atoms with van der Waals surface area (Å²) in [5.74, 6) is -0.0383. The lowest BCUT2D eigenvalue weighted by Gasteiger charge is -2.16. The van der Waals surface area contributed by atoms with Crippen LogP contribution in [-0.2, 0) is 0 Å². The van der Waals surface area contributed by atoms with E-state index in [9.17, 15) is 4.79 Å². The van der Waals surface area contributed by atoms with Gasteiger partial charge in [0.1, 0.15) is 5.69 Å². The third-order valence-electron chi connectivity index (χ3n) is 2.21. The summed E-state index contributed by atoms with van der Waals surface area (Å²) >= 11 is 3.29. The van der Waals surface area contributed by atoms with E-state index < -0.39 is 0 Å². The molecule has 88 valence electrons. The smallest absolute Gasteiger partial charge is 0.272 e. The highest BCUT2D eigenvalue weighted by Crippen LogP contribution is 2.08. The van der Waals surface area contributed by atoms with Crippen molar-refractivity contribution in [3.8, 4) is 0 Å². The zero-order valence-electron chi connectivity index (χ0n) is 9.53. The fourth-order valence-electron chi connectivity index (χ4n) is 1.29. The topological polar surface area (TPSA) is 45.2 Å². The van der Waals surface area contributed by atoms with Crippen LogP contribution in [0.5, 0.6) is 0 Å². The molecule has 1 rings (SSSR count). The van der Waals surface area contributed by atoms with Gasteiger partial charge in [-0.25, -0.2) is 4.98 Å². The van der Waals surface area contributed by atoms with Crippen molar-refractivity contribution in [3.05, 3.63) is 28.5 Å². The van der Waals surface area contributed by atoms with Gasteiger partial charge in [0.25, 0.3) is 5.91 Å². The van der Waals surface area contributed by atoms with E-state index in [4.69, 9.17) is 0 Å². The van der Waals surface area contributed by atoms with Crippen LogP contribution < -0.4 is 5.32 Å². The number of hydrogen-bond acceptors (Lipinski definition) is 3. The molecule has 0 radical (unpaired) electrons. The van der Waals surface area contributed by atoms with E-state index in [1.807, 2.05) is 13.1 Å². The van der Waals surface area contributed by atoms with Crippen molar-refractivity contribution in [3.63, 3.8) is 0 Å². The van der Waals surface area contributed by atoms with Crippen LogP contribution in [0.25, 0.3) is 0 Å². The average Bonchev–Trinajstić information content (AvgIpc) is 2.29. The Kier molecular flexibility index (Phi) is 5.42. The van der Waals surface area contributed by atoms with Gasteiger partial charge >= 0.3 is 0 Å². The first-order valence-corrected chi connectivity index (χ1v) is 5.96. The maximum absolute atomic E-state index is 11.9. The molecule has 1 heterocycles. The van der Waals surface area contributed by atoms with Crippen molar-refractivity contribution in [1.82, 2.24) is 15.2 Å². The molecular weight excluding hydrogens is 270 g/mol. The molecule has 0 bridgehead atoms. The van der Waals surface area contributed by atoms with Crippen molar-refractivity contribution in [2.75, 3.05) is 27.2 Å². The fraction of sp³-hybridized carbons (Fsp3) is 0.455.